The summed E-state index contributed by atoms with van der Waals surface area (Å²) in [5.41, 5.74) is 5.66. The largest absolute Gasteiger partial charge is 0.321 e. The summed E-state index contributed by atoms with van der Waals surface area (Å²) in [6.07, 6.45) is 5.13. The molecule has 4 rings (SSSR count). The minimum Gasteiger partial charge on any atom is -0.321 e. The number of anilines is 1. The molecule has 0 spiro atoms. The molecule has 2 heterocycles. The average Bonchev–Trinajstić information content (AvgIpc) is 3.16. The number of hydrogen-bond acceptors (Lipinski definition) is 3. The van der Waals surface area contributed by atoms with Crippen LogP contribution in [0.15, 0.2) is 67.0 Å². The number of para-hydroxylation sites is 1. The summed E-state index contributed by atoms with van der Waals surface area (Å²) in [6.45, 7) is 4.84. The minimum absolute atomic E-state index is 0.147. The standard InChI is InChI=1S/C24H24N4O/c1-3-18-11-8-12-19(4-2)22(18)27-24(29)21-13-20-15-26-28(23(20)25-14-21)16-17-9-6-5-7-10-17/h5-15H,3-4,16H2,1-2H3,(H,27,29). The fraction of sp³-hybridized carbons (Fsp3) is 0.208. The van der Waals surface area contributed by atoms with Crippen LogP contribution in [-0.2, 0) is 19.4 Å². The number of aryl methyl sites for hydroxylation is 2. The van der Waals surface area contributed by atoms with Gasteiger partial charge in [0, 0.05) is 17.3 Å². The van der Waals surface area contributed by atoms with E-state index in [2.05, 4.69) is 53.5 Å². The number of carbonyl (C=O) groups excluding carboxylic acids is 1. The minimum atomic E-state index is -0.147. The van der Waals surface area contributed by atoms with E-state index in [1.165, 1.54) is 0 Å². The van der Waals surface area contributed by atoms with Crippen LogP contribution in [0.3, 0.4) is 0 Å². The van der Waals surface area contributed by atoms with E-state index < -0.39 is 0 Å². The lowest BCUT2D eigenvalue weighted by molar-refractivity contribution is 0.102. The van der Waals surface area contributed by atoms with Gasteiger partial charge in [0.2, 0.25) is 0 Å². The number of fused-ring (bicyclic) bond motifs is 1. The molecule has 2 aromatic heterocycles. The van der Waals surface area contributed by atoms with Crippen molar-refractivity contribution in [2.24, 2.45) is 0 Å². The summed E-state index contributed by atoms with van der Waals surface area (Å²) in [5, 5.41) is 8.41. The third-order valence-corrected chi connectivity index (χ3v) is 5.15. The molecule has 0 saturated carbocycles. The van der Waals surface area contributed by atoms with Crippen molar-refractivity contribution in [1.82, 2.24) is 14.8 Å². The quantitative estimate of drug-likeness (QED) is 0.517. The summed E-state index contributed by atoms with van der Waals surface area (Å²) in [6, 6.07) is 18.2. The first-order chi connectivity index (χ1) is 14.2. The molecule has 0 unspecified atom stereocenters. The van der Waals surface area contributed by atoms with Crippen LogP contribution in [0.25, 0.3) is 11.0 Å². The van der Waals surface area contributed by atoms with E-state index in [4.69, 9.17) is 0 Å². The molecule has 29 heavy (non-hydrogen) atoms. The van der Waals surface area contributed by atoms with Crippen LogP contribution >= 0.6 is 0 Å². The fourth-order valence-electron chi connectivity index (χ4n) is 3.56. The zero-order chi connectivity index (χ0) is 20.2. The Morgan fingerprint density at radius 3 is 2.38 bits per heavy atom. The number of nitrogens with one attached hydrogen (secondary N) is 1. The highest BCUT2D eigenvalue weighted by molar-refractivity contribution is 6.06. The topological polar surface area (TPSA) is 59.8 Å². The Hall–Kier alpha value is -3.47. The van der Waals surface area contributed by atoms with Gasteiger partial charge in [0.05, 0.1) is 18.3 Å². The normalized spacial score (nSPS) is 11.0. The maximum atomic E-state index is 12.9. The van der Waals surface area contributed by atoms with Crippen LogP contribution in [0, 0.1) is 0 Å². The lowest BCUT2D eigenvalue weighted by atomic mass is 10.0. The smallest absolute Gasteiger partial charge is 0.257 e. The number of amides is 1. The number of rotatable bonds is 6. The lowest BCUT2D eigenvalue weighted by Gasteiger charge is -2.14. The number of aromatic nitrogens is 3. The Morgan fingerprint density at radius 1 is 0.966 bits per heavy atom. The van der Waals surface area contributed by atoms with Gasteiger partial charge < -0.3 is 5.32 Å². The van der Waals surface area contributed by atoms with Crippen molar-refractivity contribution in [2.45, 2.75) is 33.2 Å². The molecular weight excluding hydrogens is 360 g/mol. The highest BCUT2D eigenvalue weighted by atomic mass is 16.1. The summed E-state index contributed by atoms with van der Waals surface area (Å²) >= 11 is 0. The van der Waals surface area contributed by atoms with Gasteiger partial charge in [0.25, 0.3) is 5.91 Å². The molecule has 0 aliphatic rings. The number of hydrogen-bond donors (Lipinski definition) is 1. The Bertz CT molecular complexity index is 1130. The van der Waals surface area contributed by atoms with Crippen LogP contribution < -0.4 is 5.32 Å². The Labute approximate surface area is 170 Å². The predicted molar refractivity (Wildman–Crippen MR) is 116 cm³/mol. The predicted octanol–water partition coefficient (Wildman–Crippen LogP) is 4.86. The van der Waals surface area contributed by atoms with E-state index in [1.807, 2.05) is 35.0 Å². The second kappa shape index (κ2) is 8.27. The SMILES string of the molecule is CCc1cccc(CC)c1NC(=O)c1cnc2c(cnn2Cc2ccccc2)c1. The van der Waals surface area contributed by atoms with Crippen LogP contribution in [-0.4, -0.2) is 20.7 Å². The maximum Gasteiger partial charge on any atom is 0.257 e. The number of nitrogens with zero attached hydrogens (tertiary/aromatic N) is 3. The highest BCUT2D eigenvalue weighted by Crippen LogP contribution is 2.24. The molecule has 0 aliphatic carbocycles. The first-order valence-corrected chi connectivity index (χ1v) is 9.97. The van der Waals surface area contributed by atoms with Crippen molar-refractivity contribution >= 4 is 22.6 Å². The van der Waals surface area contributed by atoms with E-state index in [9.17, 15) is 4.79 Å². The Kier molecular flexibility index (Phi) is 5.38. The molecular formula is C24H24N4O. The maximum absolute atomic E-state index is 12.9. The molecule has 1 amide bonds. The van der Waals surface area contributed by atoms with Gasteiger partial charge in [-0.3, -0.25) is 4.79 Å². The van der Waals surface area contributed by atoms with E-state index >= 15 is 0 Å². The summed E-state index contributed by atoms with van der Waals surface area (Å²) in [5.74, 6) is -0.147. The zero-order valence-electron chi connectivity index (χ0n) is 16.7. The van der Waals surface area contributed by atoms with Gasteiger partial charge in [-0.2, -0.15) is 5.10 Å². The average molecular weight is 384 g/mol. The van der Waals surface area contributed by atoms with Gasteiger partial charge in [-0.05, 0) is 35.6 Å². The summed E-state index contributed by atoms with van der Waals surface area (Å²) < 4.78 is 1.86. The van der Waals surface area contributed by atoms with E-state index in [0.717, 1.165) is 46.3 Å². The Morgan fingerprint density at radius 2 is 1.69 bits per heavy atom. The molecule has 0 fully saturated rings. The highest BCUT2D eigenvalue weighted by Gasteiger charge is 2.14. The molecule has 0 radical (unpaired) electrons. The monoisotopic (exact) mass is 384 g/mol. The molecule has 5 nitrogen and oxygen atoms in total. The lowest BCUT2D eigenvalue weighted by Crippen LogP contribution is -2.15. The molecule has 4 aromatic rings. The zero-order valence-corrected chi connectivity index (χ0v) is 16.7. The second-order valence-electron chi connectivity index (χ2n) is 7.04. The van der Waals surface area contributed by atoms with Gasteiger partial charge in [0.1, 0.15) is 0 Å². The molecule has 0 aliphatic heterocycles. The van der Waals surface area contributed by atoms with Crippen molar-refractivity contribution in [3.63, 3.8) is 0 Å². The van der Waals surface area contributed by atoms with Crippen LogP contribution in [0.4, 0.5) is 5.69 Å². The number of pyridine rings is 1. The second-order valence-corrected chi connectivity index (χ2v) is 7.04. The first-order valence-electron chi connectivity index (χ1n) is 9.97. The van der Waals surface area contributed by atoms with E-state index in [-0.39, 0.29) is 5.91 Å². The van der Waals surface area contributed by atoms with Crippen molar-refractivity contribution < 1.29 is 4.79 Å². The van der Waals surface area contributed by atoms with E-state index in [0.29, 0.717) is 12.1 Å². The van der Waals surface area contributed by atoms with Crippen LogP contribution in [0.1, 0.15) is 40.9 Å². The van der Waals surface area contributed by atoms with Gasteiger partial charge in [0.15, 0.2) is 5.65 Å². The van der Waals surface area contributed by atoms with Crippen molar-refractivity contribution in [3.8, 4) is 0 Å². The van der Waals surface area contributed by atoms with Gasteiger partial charge >= 0.3 is 0 Å². The first kappa shape index (κ1) is 18.9. The number of benzene rings is 2. The number of carbonyl (C=O) groups is 1. The van der Waals surface area contributed by atoms with Crippen LogP contribution in [0.2, 0.25) is 0 Å². The molecule has 0 atom stereocenters. The van der Waals surface area contributed by atoms with E-state index in [1.54, 1.807) is 12.4 Å². The van der Waals surface area contributed by atoms with Gasteiger partial charge in [-0.1, -0.05) is 62.4 Å². The summed E-state index contributed by atoms with van der Waals surface area (Å²) in [4.78, 5) is 17.4. The van der Waals surface area contributed by atoms with Crippen molar-refractivity contribution in [3.05, 3.63) is 89.2 Å². The summed E-state index contributed by atoms with van der Waals surface area (Å²) in [7, 11) is 0. The Balaban J connectivity index is 1.60. The molecule has 146 valence electrons. The molecule has 2 aromatic carbocycles. The van der Waals surface area contributed by atoms with Gasteiger partial charge in [-0.15, -0.1) is 0 Å². The van der Waals surface area contributed by atoms with Crippen LogP contribution in [0.5, 0.6) is 0 Å². The van der Waals surface area contributed by atoms with Gasteiger partial charge in [-0.25, -0.2) is 9.67 Å². The molecule has 1 N–H and O–H groups in total. The van der Waals surface area contributed by atoms with Crippen molar-refractivity contribution in [1.29, 1.82) is 0 Å². The third-order valence-electron chi connectivity index (χ3n) is 5.15. The fourth-order valence-corrected chi connectivity index (χ4v) is 3.56. The van der Waals surface area contributed by atoms with Crippen molar-refractivity contribution in [2.75, 3.05) is 5.32 Å². The molecule has 5 heteroatoms. The molecule has 0 bridgehead atoms. The molecule has 0 saturated heterocycles. The third kappa shape index (κ3) is 3.90.